The number of benzene rings is 1. The molecule has 7 nitrogen and oxygen atoms in total. The summed E-state index contributed by atoms with van der Waals surface area (Å²) in [5, 5.41) is 8.90. The zero-order valence-corrected chi connectivity index (χ0v) is 16.4. The molecule has 1 aromatic carbocycles. The van der Waals surface area contributed by atoms with Crippen molar-refractivity contribution in [2.45, 2.75) is 10.6 Å². The van der Waals surface area contributed by atoms with Crippen LogP contribution in [0.5, 0.6) is 0 Å². The van der Waals surface area contributed by atoms with Crippen LogP contribution in [0.4, 0.5) is 0 Å². The Morgan fingerprint density at radius 3 is 2.67 bits per heavy atom. The van der Waals surface area contributed by atoms with E-state index in [2.05, 4.69) is 10.4 Å². The Kier molecular flexibility index (Phi) is 6.04. The Morgan fingerprint density at radius 2 is 1.96 bits per heavy atom. The highest BCUT2D eigenvalue weighted by Gasteiger charge is 2.23. The van der Waals surface area contributed by atoms with Crippen LogP contribution in [-0.2, 0) is 21.2 Å². The number of likely N-dealkylation sites (N-methyl/N-ethyl adjacent to an activating group) is 1. The van der Waals surface area contributed by atoms with Gasteiger partial charge in [-0.1, -0.05) is 24.3 Å². The van der Waals surface area contributed by atoms with Crippen molar-refractivity contribution in [2.24, 2.45) is 0 Å². The zero-order valence-electron chi connectivity index (χ0n) is 14.8. The van der Waals surface area contributed by atoms with Crippen molar-refractivity contribution in [3.8, 4) is 5.69 Å². The lowest BCUT2D eigenvalue weighted by molar-refractivity contribution is -0.121. The van der Waals surface area contributed by atoms with Gasteiger partial charge in [0.15, 0.2) is 0 Å². The molecule has 0 fully saturated rings. The smallest absolute Gasteiger partial charge is 0.252 e. The van der Waals surface area contributed by atoms with Crippen LogP contribution < -0.4 is 5.32 Å². The number of rotatable bonds is 8. The topological polar surface area (TPSA) is 84.3 Å². The minimum atomic E-state index is -3.62. The molecule has 0 bridgehead atoms. The lowest BCUT2D eigenvalue weighted by Crippen LogP contribution is -2.38. The summed E-state index contributed by atoms with van der Waals surface area (Å²) in [5.74, 6) is -0.347. The molecule has 0 saturated carbocycles. The standard InChI is InChI=1S/C18H20N4O3S2/c1-21(27(24,25)18-8-5-13-26-18)14-17(23)19-11-9-15-10-12-22(20-15)16-6-3-2-4-7-16/h2-8,10,12-13H,9,11,14H2,1H3,(H,19,23). The van der Waals surface area contributed by atoms with Crippen LogP contribution in [0, 0.1) is 0 Å². The summed E-state index contributed by atoms with van der Waals surface area (Å²) in [7, 11) is -2.22. The summed E-state index contributed by atoms with van der Waals surface area (Å²) >= 11 is 1.13. The molecule has 3 rings (SSSR count). The predicted octanol–water partition coefficient (Wildman–Crippen LogP) is 1.91. The van der Waals surface area contributed by atoms with Gasteiger partial charge in [-0.25, -0.2) is 13.1 Å². The Morgan fingerprint density at radius 1 is 1.19 bits per heavy atom. The fourth-order valence-corrected chi connectivity index (χ4v) is 4.78. The van der Waals surface area contributed by atoms with Crippen LogP contribution in [0.25, 0.3) is 5.69 Å². The van der Waals surface area contributed by atoms with E-state index in [0.717, 1.165) is 27.0 Å². The van der Waals surface area contributed by atoms with E-state index in [9.17, 15) is 13.2 Å². The first-order valence-electron chi connectivity index (χ1n) is 8.33. The number of para-hydroxylation sites is 1. The van der Waals surface area contributed by atoms with E-state index in [4.69, 9.17) is 0 Å². The summed E-state index contributed by atoms with van der Waals surface area (Å²) in [4.78, 5) is 12.0. The molecule has 0 atom stereocenters. The predicted molar refractivity (Wildman–Crippen MR) is 104 cm³/mol. The van der Waals surface area contributed by atoms with E-state index in [-0.39, 0.29) is 16.7 Å². The molecule has 3 aromatic rings. The van der Waals surface area contributed by atoms with Crippen molar-refractivity contribution in [1.82, 2.24) is 19.4 Å². The molecule has 27 heavy (non-hydrogen) atoms. The van der Waals surface area contributed by atoms with Crippen molar-refractivity contribution in [3.05, 3.63) is 65.8 Å². The molecule has 2 heterocycles. The average Bonchev–Trinajstić information content (AvgIpc) is 3.35. The Balaban J connectivity index is 1.48. The first kappa shape index (κ1) is 19.3. The third-order valence-corrected chi connectivity index (χ3v) is 7.07. The molecule has 0 aliphatic heterocycles. The highest BCUT2D eigenvalue weighted by molar-refractivity contribution is 7.91. The number of hydrogen-bond donors (Lipinski definition) is 1. The summed E-state index contributed by atoms with van der Waals surface area (Å²) in [6, 6.07) is 14.8. The molecule has 1 N–H and O–H groups in total. The number of nitrogens with one attached hydrogen (secondary N) is 1. The molecule has 0 radical (unpaired) electrons. The zero-order chi connectivity index (χ0) is 19.3. The number of sulfonamides is 1. The van der Waals surface area contributed by atoms with Gasteiger partial charge >= 0.3 is 0 Å². The highest BCUT2D eigenvalue weighted by atomic mass is 32.2. The van der Waals surface area contributed by atoms with Gasteiger partial charge in [0.2, 0.25) is 5.91 Å². The summed E-state index contributed by atoms with van der Waals surface area (Å²) in [6.07, 6.45) is 2.43. The minimum Gasteiger partial charge on any atom is -0.355 e. The Hall–Kier alpha value is -2.49. The molecule has 2 aromatic heterocycles. The highest BCUT2D eigenvalue weighted by Crippen LogP contribution is 2.19. The number of nitrogens with zero attached hydrogens (tertiary/aromatic N) is 3. The lowest BCUT2D eigenvalue weighted by Gasteiger charge is -2.15. The van der Waals surface area contributed by atoms with E-state index in [0.29, 0.717) is 13.0 Å². The molecular weight excluding hydrogens is 384 g/mol. The summed E-state index contributed by atoms with van der Waals surface area (Å²) in [5.41, 5.74) is 1.81. The van der Waals surface area contributed by atoms with Gasteiger partial charge in [-0.15, -0.1) is 11.3 Å². The van der Waals surface area contributed by atoms with Gasteiger partial charge < -0.3 is 5.32 Å². The second kappa shape index (κ2) is 8.47. The first-order chi connectivity index (χ1) is 13.0. The quantitative estimate of drug-likeness (QED) is 0.622. The lowest BCUT2D eigenvalue weighted by atomic mass is 10.3. The van der Waals surface area contributed by atoms with Crippen LogP contribution in [0.15, 0.2) is 64.3 Å². The van der Waals surface area contributed by atoms with E-state index in [1.165, 1.54) is 13.1 Å². The van der Waals surface area contributed by atoms with Gasteiger partial charge in [-0.2, -0.15) is 9.40 Å². The van der Waals surface area contributed by atoms with Crippen molar-refractivity contribution in [1.29, 1.82) is 0 Å². The Bertz CT molecular complexity index is 983. The van der Waals surface area contributed by atoms with Crippen LogP contribution >= 0.6 is 11.3 Å². The van der Waals surface area contributed by atoms with Crippen LogP contribution in [0.3, 0.4) is 0 Å². The molecule has 0 unspecified atom stereocenters. The van der Waals surface area contributed by atoms with Crippen LogP contribution in [0.2, 0.25) is 0 Å². The molecule has 0 saturated heterocycles. The van der Waals surface area contributed by atoms with Crippen LogP contribution in [0.1, 0.15) is 5.69 Å². The maximum atomic E-state index is 12.3. The molecule has 142 valence electrons. The minimum absolute atomic E-state index is 0.224. The average molecular weight is 405 g/mol. The van der Waals surface area contributed by atoms with E-state index in [1.54, 1.807) is 16.1 Å². The van der Waals surface area contributed by atoms with Gasteiger partial charge in [0, 0.05) is 26.2 Å². The maximum Gasteiger partial charge on any atom is 0.252 e. The number of hydrogen-bond acceptors (Lipinski definition) is 5. The van der Waals surface area contributed by atoms with Crippen molar-refractivity contribution in [2.75, 3.05) is 20.1 Å². The molecule has 9 heteroatoms. The largest absolute Gasteiger partial charge is 0.355 e. The monoisotopic (exact) mass is 404 g/mol. The molecule has 1 amide bonds. The third-order valence-electron chi connectivity index (χ3n) is 3.89. The van der Waals surface area contributed by atoms with Crippen LogP contribution in [-0.4, -0.2) is 48.5 Å². The summed E-state index contributed by atoms with van der Waals surface area (Å²) in [6.45, 7) is 0.163. The SMILES string of the molecule is CN(CC(=O)NCCc1ccn(-c2ccccc2)n1)S(=O)(=O)c1cccs1. The third kappa shape index (κ3) is 4.82. The fourth-order valence-electron chi connectivity index (χ4n) is 2.46. The van der Waals surface area contributed by atoms with Gasteiger partial charge in [0.25, 0.3) is 10.0 Å². The van der Waals surface area contributed by atoms with Gasteiger partial charge in [-0.05, 0) is 29.6 Å². The number of amides is 1. The summed E-state index contributed by atoms with van der Waals surface area (Å²) < 4.78 is 27.7. The van der Waals surface area contributed by atoms with Crippen molar-refractivity contribution in [3.63, 3.8) is 0 Å². The van der Waals surface area contributed by atoms with Gasteiger partial charge in [-0.3, -0.25) is 4.79 Å². The number of carbonyl (C=O) groups is 1. The fraction of sp³-hybridized carbons (Fsp3) is 0.222. The number of aromatic nitrogens is 2. The van der Waals surface area contributed by atoms with Crippen molar-refractivity contribution < 1.29 is 13.2 Å². The maximum absolute atomic E-state index is 12.3. The second-order valence-corrected chi connectivity index (χ2v) is 9.10. The van der Waals surface area contributed by atoms with Gasteiger partial charge in [0.1, 0.15) is 4.21 Å². The van der Waals surface area contributed by atoms with E-state index < -0.39 is 10.0 Å². The normalized spacial score (nSPS) is 11.6. The van der Waals surface area contributed by atoms with Gasteiger partial charge in [0.05, 0.1) is 17.9 Å². The van der Waals surface area contributed by atoms with Crippen molar-refractivity contribution >= 4 is 27.3 Å². The molecule has 0 spiro atoms. The van der Waals surface area contributed by atoms with E-state index in [1.807, 2.05) is 42.6 Å². The molecule has 0 aliphatic carbocycles. The second-order valence-electron chi connectivity index (χ2n) is 5.88. The number of thiophene rings is 1. The molecular formula is C18H20N4O3S2. The Labute approximate surface area is 162 Å². The number of carbonyl (C=O) groups excluding carboxylic acids is 1. The first-order valence-corrected chi connectivity index (χ1v) is 10.7. The van der Waals surface area contributed by atoms with E-state index >= 15 is 0 Å². The molecule has 0 aliphatic rings.